The number of aromatic nitrogens is 2. The van der Waals surface area contributed by atoms with Crippen LogP contribution in [0.1, 0.15) is 62.5 Å². The maximum absolute atomic E-state index is 10.1. The minimum Gasteiger partial charge on any atom is -0.493 e. The third-order valence-corrected chi connectivity index (χ3v) is 6.24. The van der Waals surface area contributed by atoms with Gasteiger partial charge < -0.3 is 20.3 Å². The molecule has 3 N–H and O–H groups in total. The highest BCUT2D eigenvalue weighted by molar-refractivity contribution is 5.49. The van der Waals surface area contributed by atoms with E-state index in [-0.39, 0.29) is 23.6 Å². The molecule has 0 saturated heterocycles. The fourth-order valence-corrected chi connectivity index (χ4v) is 4.43. The number of aliphatic hydroxyl groups is 1. The van der Waals surface area contributed by atoms with Gasteiger partial charge in [0.1, 0.15) is 0 Å². The molecule has 2 aliphatic rings. The standard InChI is InChI=1S/C24H29N3O3/c1-29-21-7-6-18(14-22(21)30-20-4-2-3-5-20)24(12-9-19(28)10-13-24)11-8-17-15-26-23(25)27-16-17/h6-7,14-16,19-20,28H,2-5,9-10,12-13H2,1H3,(H2,25,26,27)/t19-,24+. The van der Waals surface area contributed by atoms with Gasteiger partial charge >= 0.3 is 0 Å². The molecule has 2 aromatic rings. The van der Waals surface area contributed by atoms with Crippen molar-refractivity contribution in [2.24, 2.45) is 0 Å². The normalized spacial score (nSPS) is 24.1. The van der Waals surface area contributed by atoms with Crippen molar-refractivity contribution >= 4 is 5.95 Å². The molecule has 0 spiro atoms. The third-order valence-electron chi connectivity index (χ3n) is 6.24. The molecule has 0 bridgehead atoms. The van der Waals surface area contributed by atoms with Gasteiger partial charge in [0.15, 0.2) is 11.5 Å². The van der Waals surface area contributed by atoms with Crippen molar-refractivity contribution in [1.82, 2.24) is 9.97 Å². The van der Waals surface area contributed by atoms with Crippen LogP contribution in [0.2, 0.25) is 0 Å². The maximum atomic E-state index is 10.1. The number of nitrogens with zero attached hydrogens (tertiary/aromatic N) is 2. The van der Waals surface area contributed by atoms with Crippen molar-refractivity contribution in [2.75, 3.05) is 12.8 Å². The molecule has 1 aromatic carbocycles. The number of aliphatic hydroxyl groups excluding tert-OH is 1. The molecule has 1 heterocycles. The lowest BCUT2D eigenvalue weighted by atomic mass is 9.69. The first-order chi connectivity index (χ1) is 14.6. The maximum Gasteiger partial charge on any atom is 0.219 e. The number of nitrogens with two attached hydrogens (primary N) is 1. The molecular formula is C24H29N3O3. The second-order valence-electron chi connectivity index (χ2n) is 8.28. The van der Waals surface area contributed by atoms with Crippen LogP contribution in [0.3, 0.4) is 0 Å². The summed E-state index contributed by atoms with van der Waals surface area (Å²) in [4.78, 5) is 8.06. The number of nitrogen functional groups attached to an aromatic ring is 1. The number of ether oxygens (including phenoxy) is 2. The first-order valence-electron chi connectivity index (χ1n) is 10.7. The SMILES string of the molecule is COc1ccc([C@]2(C#Cc3cnc(N)nc3)CC[C@H](O)CC2)cc1OC1CCCC1. The fourth-order valence-electron chi connectivity index (χ4n) is 4.43. The summed E-state index contributed by atoms with van der Waals surface area (Å²) >= 11 is 0. The minimum absolute atomic E-state index is 0.236. The monoisotopic (exact) mass is 407 g/mol. The Hall–Kier alpha value is -2.78. The number of rotatable bonds is 4. The Kier molecular flexibility index (Phi) is 6.10. The zero-order valence-electron chi connectivity index (χ0n) is 17.4. The molecular weight excluding hydrogens is 378 g/mol. The van der Waals surface area contributed by atoms with E-state index in [0.717, 1.165) is 61.2 Å². The summed E-state index contributed by atoms with van der Waals surface area (Å²) in [6.07, 6.45) is 10.9. The van der Waals surface area contributed by atoms with E-state index < -0.39 is 0 Å². The Labute approximate surface area is 177 Å². The summed E-state index contributed by atoms with van der Waals surface area (Å²) in [5, 5.41) is 10.1. The average Bonchev–Trinajstić information content (AvgIpc) is 3.28. The van der Waals surface area contributed by atoms with Crippen molar-refractivity contribution in [3.05, 3.63) is 41.7 Å². The van der Waals surface area contributed by atoms with Gasteiger partial charge in [0, 0.05) is 12.4 Å². The van der Waals surface area contributed by atoms with E-state index in [0.29, 0.717) is 0 Å². The van der Waals surface area contributed by atoms with Crippen LogP contribution in [-0.2, 0) is 5.41 Å². The Balaban J connectivity index is 1.69. The Morgan fingerprint density at radius 3 is 2.43 bits per heavy atom. The van der Waals surface area contributed by atoms with E-state index in [4.69, 9.17) is 15.2 Å². The predicted molar refractivity (Wildman–Crippen MR) is 115 cm³/mol. The summed E-state index contributed by atoms with van der Waals surface area (Å²) in [6.45, 7) is 0. The van der Waals surface area contributed by atoms with Gasteiger partial charge in [-0.3, -0.25) is 0 Å². The summed E-state index contributed by atoms with van der Waals surface area (Å²) in [5.74, 6) is 8.49. The molecule has 6 nitrogen and oxygen atoms in total. The van der Waals surface area contributed by atoms with Crippen LogP contribution >= 0.6 is 0 Å². The van der Waals surface area contributed by atoms with Crippen LogP contribution < -0.4 is 15.2 Å². The van der Waals surface area contributed by atoms with E-state index >= 15 is 0 Å². The number of methoxy groups -OCH3 is 1. The van der Waals surface area contributed by atoms with E-state index in [1.165, 1.54) is 12.8 Å². The molecule has 2 saturated carbocycles. The highest BCUT2D eigenvalue weighted by atomic mass is 16.5. The zero-order valence-corrected chi connectivity index (χ0v) is 17.4. The van der Waals surface area contributed by atoms with E-state index in [9.17, 15) is 5.11 Å². The van der Waals surface area contributed by atoms with Gasteiger partial charge in [-0.1, -0.05) is 17.9 Å². The lowest BCUT2D eigenvalue weighted by Gasteiger charge is -2.35. The van der Waals surface area contributed by atoms with Crippen LogP contribution in [0, 0.1) is 11.8 Å². The number of hydrogen-bond donors (Lipinski definition) is 2. The molecule has 30 heavy (non-hydrogen) atoms. The number of anilines is 1. The van der Waals surface area contributed by atoms with Gasteiger partial charge in [0.2, 0.25) is 5.95 Å². The summed E-state index contributed by atoms with van der Waals surface area (Å²) in [7, 11) is 1.67. The van der Waals surface area contributed by atoms with Crippen molar-refractivity contribution < 1.29 is 14.6 Å². The van der Waals surface area contributed by atoms with Crippen molar-refractivity contribution in [3.63, 3.8) is 0 Å². The first-order valence-corrected chi connectivity index (χ1v) is 10.7. The predicted octanol–water partition coefficient (Wildman–Crippen LogP) is 3.61. The molecule has 0 atom stereocenters. The van der Waals surface area contributed by atoms with Gasteiger partial charge in [-0.05, 0) is 69.1 Å². The quantitative estimate of drug-likeness (QED) is 0.753. The Morgan fingerprint density at radius 1 is 1.07 bits per heavy atom. The minimum atomic E-state index is -0.360. The topological polar surface area (TPSA) is 90.5 Å². The van der Waals surface area contributed by atoms with Crippen LogP contribution in [0.4, 0.5) is 5.95 Å². The molecule has 0 unspecified atom stereocenters. The lowest BCUT2D eigenvalue weighted by molar-refractivity contribution is 0.110. The van der Waals surface area contributed by atoms with Gasteiger partial charge in [-0.25, -0.2) is 9.97 Å². The lowest BCUT2D eigenvalue weighted by Crippen LogP contribution is -2.32. The van der Waals surface area contributed by atoms with Crippen LogP contribution in [0.15, 0.2) is 30.6 Å². The Bertz CT molecular complexity index is 919. The molecule has 1 aromatic heterocycles. The molecule has 0 radical (unpaired) electrons. The van der Waals surface area contributed by atoms with Gasteiger partial charge in [0.25, 0.3) is 0 Å². The van der Waals surface area contributed by atoms with Crippen LogP contribution in [-0.4, -0.2) is 34.4 Å². The van der Waals surface area contributed by atoms with Crippen LogP contribution in [0.25, 0.3) is 0 Å². The molecule has 0 amide bonds. The number of benzene rings is 1. The zero-order chi connectivity index (χ0) is 21.0. The summed E-state index contributed by atoms with van der Waals surface area (Å²) in [5.41, 5.74) is 7.06. The highest BCUT2D eigenvalue weighted by Gasteiger charge is 2.36. The number of hydrogen-bond acceptors (Lipinski definition) is 6. The van der Waals surface area contributed by atoms with Gasteiger partial charge in [-0.15, -0.1) is 0 Å². The second-order valence-corrected chi connectivity index (χ2v) is 8.28. The van der Waals surface area contributed by atoms with Gasteiger partial charge in [-0.2, -0.15) is 0 Å². The fraction of sp³-hybridized carbons (Fsp3) is 0.500. The highest BCUT2D eigenvalue weighted by Crippen LogP contribution is 2.43. The second kappa shape index (κ2) is 8.93. The molecule has 0 aliphatic heterocycles. The largest absolute Gasteiger partial charge is 0.493 e. The van der Waals surface area contributed by atoms with Crippen molar-refractivity contribution in [2.45, 2.75) is 69.0 Å². The first kappa shape index (κ1) is 20.5. The Morgan fingerprint density at radius 2 is 1.77 bits per heavy atom. The van der Waals surface area contributed by atoms with Gasteiger partial charge in [0.05, 0.1) is 30.3 Å². The summed E-state index contributed by atoms with van der Waals surface area (Å²) in [6, 6.07) is 6.13. The van der Waals surface area contributed by atoms with E-state index in [1.54, 1.807) is 19.5 Å². The molecule has 2 aliphatic carbocycles. The third kappa shape index (κ3) is 4.52. The smallest absolute Gasteiger partial charge is 0.219 e. The van der Waals surface area contributed by atoms with Crippen molar-refractivity contribution in [3.8, 4) is 23.3 Å². The molecule has 6 heteroatoms. The van der Waals surface area contributed by atoms with Crippen molar-refractivity contribution in [1.29, 1.82) is 0 Å². The molecule has 2 fully saturated rings. The molecule has 158 valence electrons. The summed E-state index contributed by atoms with van der Waals surface area (Å²) < 4.78 is 11.9. The van der Waals surface area contributed by atoms with E-state index in [2.05, 4.69) is 33.9 Å². The average molecular weight is 408 g/mol. The van der Waals surface area contributed by atoms with E-state index in [1.807, 2.05) is 6.07 Å². The van der Waals surface area contributed by atoms with Crippen LogP contribution in [0.5, 0.6) is 11.5 Å². The molecule has 4 rings (SSSR count).